The second-order valence-corrected chi connectivity index (χ2v) is 18.1. The molecule has 0 aliphatic rings. The molecule has 0 saturated carbocycles. The van der Waals surface area contributed by atoms with Crippen molar-refractivity contribution in [1.29, 1.82) is 0 Å². The number of rotatable bonds is 8. The van der Waals surface area contributed by atoms with Gasteiger partial charge in [0.25, 0.3) is 0 Å². The summed E-state index contributed by atoms with van der Waals surface area (Å²) in [5.41, 5.74) is 13.4. The number of para-hydroxylation sites is 2. The Morgan fingerprint density at radius 1 is 0.712 bits per heavy atom. The van der Waals surface area contributed by atoms with Gasteiger partial charge in [0.05, 0.1) is 22.4 Å². The first-order valence-electron chi connectivity index (χ1n) is 26.1. The van der Waals surface area contributed by atoms with Crippen LogP contribution in [0.15, 0.2) is 156 Å². The summed E-state index contributed by atoms with van der Waals surface area (Å²) in [6.07, 6.45) is 2.68. The number of imidazole rings is 1. The predicted molar refractivity (Wildman–Crippen MR) is 271 cm³/mol. The quantitative estimate of drug-likeness (QED) is 0.142. The standard InChI is InChI=1S/C44H37N2O.C16H19N2.Ir/c1-27(2)37-25-33(32-21-19-31(20-22-32)30-12-7-6-8-13-30)26-38(28(3)4)42(37)46-40-17-10-9-16-39(40)45-44(46)36-15-11-14-35-34-23-18-29(5)24-41(34)47-43(35)36;1-12-5-7-14(11-17-12)15-8-6-13(10-18-15)9-16(2,3)4;/h6-14,16-28H,1-5H3;5-8,10H,9H2,1-4H3;/q2*-1;/i5D3;1D3,9D2;. The Morgan fingerprint density at radius 3 is 2.05 bits per heavy atom. The van der Waals surface area contributed by atoms with Crippen LogP contribution < -0.4 is 0 Å². The van der Waals surface area contributed by atoms with Gasteiger partial charge < -0.3 is 19.0 Å². The van der Waals surface area contributed by atoms with Gasteiger partial charge in [-0.25, -0.2) is 0 Å². The fourth-order valence-corrected chi connectivity index (χ4v) is 8.36. The summed E-state index contributed by atoms with van der Waals surface area (Å²) in [5, 5.41) is 1.76. The first kappa shape index (κ1) is 36.7. The van der Waals surface area contributed by atoms with Crippen LogP contribution in [0.5, 0.6) is 0 Å². The molecule has 0 aliphatic heterocycles. The Morgan fingerprint density at radius 2 is 1.41 bits per heavy atom. The molecule has 66 heavy (non-hydrogen) atoms. The summed E-state index contributed by atoms with van der Waals surface area (Å²) < 4.78 is 71.0. The maximum Gasteiger partial charge on any atom is 0.121 e. The normalized spacial score (nSPS) is 14.0. The van der Waals surface area contributed by atoms with Gasteiger partial charge in [-0.05, 0) is 123 Å². The van der Waals surface area contributed by atoms with Crippen LogP contribution in [0, 0.1) is 31.4 Å². The number of hydrogen-bond acceptors (Lipinski definition) is 4. The van der Waals surface area contributed by atoms with Crippen molar-refractivity contribution in [2.75, 3.05) is 0 Å². The molecular formula is C60H56IrN4O-2. The van der Waals surface area contributed by atoms with Gasteiger partial charge in [0.1, 0.15) is 5.58 Å². The van der Waals surface area contributed by atoms with Gasteiger partial charge in [0.15, 0.2) is 0 Å². The summed E-state index contributed by atoms with van der Waals surface area (Å²) in [5.74, 6) is 1.16. The molecule has 0 saturated heterocycles. The summed E-state index contributed by atoms with van der Waals surface area (Å²) in [4.78, 5) is 13.3. The molecule has 6 aromatic carbocycles. The molecule has 6 heteroatoms. The number of benzene rings is 6. The second kappa shape index (κ2) is 19.2. The van der Waals surface area contributed by atoms with Crippen LogP contribution in [0.1, 0.15) is 99.2 Å². The molecular weight excluding hydrogens is 985 g/mol. The molecule has 0 N–H and O–H groups in total. The Hall–Kier alpha value is -6.46. The van der Waals surface area contributed by atoms with Crippen LogP contribution in [0.2, 0.25) is 0 Å². The molecule has 1 radical (unpaired) electrons. The Kier molecular flexibility index (Phi) is 10.7. The average Bonchev–Trinajstić information content (AvgIpc) is 3.94. The summed E-state index contributed by atoms with van der Waals surface area (Å²) in [6.45, 7) is 10.0. The average molecular weight is 1050 g/mol. The third kappa shape index (κ3) is 9.58. The Labute approximate surface area is 414 Å². The molecule has 10 rings (SSSR count). The largest absolute Gasteiger partial charge is 0.501 e. The van der Waals surface area contributed by atoms with Crippen LogP contribution in [0.3, 0.4) is 0 Å². The maximum atomic E-state index is 8.23. The van der Waals surface area contributed by atoms with Gasteiger partial charge in [-0.3, -0.25) is 4.98 Å². The Bertz CT molecular complexity index is 3560. The molecule has 0 bridgehead atoms. The number of aryl methyl sites for hydroxylation is 2. The molecule has 0 fully saturated rings. The zero-order valence-electron chi connectivity index (χ0n) is 46.1. The van der Waals surface area contributed by atoms with Crippen LogP contribution in [-0.4, -0.2) is 19.5 Å². The van der Waals surface area contributed by atoms with Gasteiger partial charge in [-0.1, -0.05) is 157 Å². The predicted octanol–water partition coefficient (Wildman–Crippen LogP) is 16.1. The van der Waals surface area contributed by atoms with E-state index in [1.807, 2.05) is 57.2 Å². The number of aromatic nitrogens is 4. The molecule has 5 nitrogen and oxygen atoms in total. The van der Waals surface area contributed by atoms with Crippen molar-refractivity contribution in [3.63, 3.8) is 0 Å². The van der Waals surface area contributed by atoms with Crippen LogP contribution in [-0.2, 0) is 26.5 Å². The van der Waals surface area contributed by atoms with Crippen LogP contribution >= 0.6 is 0 Å². The van der Waals surface area contributed by atoms with Gasteiger partial charge in [0, 0.05) is 48.3 Å². The second-order valence-electron chi connectivity index (χ2n) is 18.1. The molecule has 4 aromatic heterocycles. The maximum absolute atomic E-state index is 8.23. The van der Waals surface area contributed by atoms with Crippen LogP contribution in [0.4, 0.5) is 0 Å². The number of pyridine rings is 2. The number of fused-ring (bicyclic) bond motifs is 4. The van der Waals surface area contributed by atoms with Gasteiger partial charge >= 0.3 is 0 Å². The fourth-order valence-electron chi connectivity index (χ4n) is 8.36. The molecule has 0 unspecified atom stereocenters. The minimum Gasteiger partial charge on any atom is -0.501 e. The number of nitrogens with zero attached hydrogens (tertiary/aromatic N) is 4. The third-order valence-electron chi connectivity index (χ3n) is 11.4. The SMILES string of the molecule is [2H]C([2H])([2H])c1ccc(-c2ccc(C([2H])([2H])C(C)(C)C)cn2)[c-]n1.[2H]C([2H])([2H])c1ccc2c(c1)oc1c(-c3nc4ccccc4n3-c3c(C(C)C)cc(-c4ccc(-c5ccccc5)cc4)cc3C(C)C)[c-]ccc12.[Ir]. The first-order chi connectivity index (χ1) is 34.5. The van der Waals surface area contributed by atoms with Crippen molar-refractivity contribution in [3.8, 4) is 50.6 Å². The van der Waals surface area contributed by atoms with E-state index in [1.54, 1.807) is 30.3 Å². The molecule has 0 aliphatic carbocycles. The van der Waals surface area contributed by atoms with E-state index in [0.717, 1.165) is 38.9 Å². The van der Waals surface area contributed by atoms with E-state index in [-0.39, 0.29) is 43.2 Å². The minimum atomic E-state index is -2.25. The van der Waals surface area contributed by atoms with Gasteiger partial charge in [-0.2, -0.15) is 0 Å². The van der Waals surface area contributed by atoms with E-state index in [0.29, 0.717) is 28.0 Å². The molecule has 0 atom stereocenters. The van der Waals surface area contributed by atoms with Crippen molar-refractivity contribution in [2.45, 2.75) is 80.4 Å². The number of furan rings is 1. The Balaban J connectivity index is 0.000000256. The zero-order valence-corrected chi connectivity index (χ0v) is 40.5. The molecule has 0 amide bonds. The molecule has 10 aromatic rings. The zero-order chi connectivity index (χ0) is 52.2. The molecule has 0 spiro atoms. The van der Waals surface area contributed by atoms with Crippen molar-refractivity contribution in [3.05, 3.63) is 192 Å². The fraction of sp³-hybridized carbons (Fsp3) is 0.217. The monoisotopic (exact) mass is 1050 g/mol. The van der Waals surface area contributed by atoms with E-state index in [4.69, 9.17) is 20.4 Å². The molecule has 333 valence electrons. The minimum absolute atomic E-state index is 0. The van der Waals surface area contributed by atoms with Gasteiger partial charge in [0.2, 0.25) is 0 Å². The smallest absolute Gasteiger partial charge is 0.121 e. The van der Waals surface area contributed by atoms with Crippen molar-refractivity contribution >= 4 is 33.0 Å². The van der Waals surface area contributed by atoms with Gasteiger partial charge in [-0.15, -0.1) is 35.9 Å². The van der Waals surface area contributed by atoms with E-state index >= 15 is 0 Å². The van der Waals surface area contributed by atoms with E-state index in [2.05, 4.69) is 127 Å². The number of hydrogen-bond donors (Lipinski definition) is 0. The third-order valence-corrected chi connectivity index (χ3v) is 11.4. The topological polar surface area (TPSA) is 56.7 Å². The van der Waals surface area contributed by atoms with Crippen molar-refractivity contribution in [1.82, 2.24) is 19.5 Å². The van der Waals surface area contributed by atoms with Crippen molar-refractivity contribution < 1.29 is 35.5 Å². The van der Waals surface area contributed by atoms with E-state index in [9.17, 15) is 0 Å². The summed E-state index contributed by atoms with van der Waals surface area (Å²) >= 11 is 0. The molecule has 4 heterocycles. The summed E-state index contributed by atoms with van der Waals surface area (Å²) in [7, 11) is 0. The van der Waals surface area contributed by atoms with E-state index < -0.39 is 25.5 Å². The van der Waals surface area contributed by atoms with Crippen LogP contribution in [0.25, 0.3) is 83.6 Å². The summed E-state index contributed by atoms with van der Waals surface area (Å²) in [6, 6.07) is 51.1. The van der Waals surface area contributed by atoms with Crippen molar-refractivity contribution in [2.24, 2.45) is 5.41 Å². The first-order valence-corrected chi connectivity index (χ1v) is 22.1. The van der Waals surface area contributed by atoms with E-state index in [1.165, 1.54) is 45.6 Å².